The lowest BCUT2D eigenvalue weighted by atomic mass is 10.2. The zero-order valence-electron chi connectivity index (χ0n) is 11.1. The van der Waals surface area contributed by atoms with Crippen molar-refractivity contribution in [1.29, 1.82) is 0 Å². The number of H-pyrrole nitrogens is 1. The van der Waals surface area contributed by atoms with Gasteiger partial charge in [0.05, 0.1) is 4.90 Å². The summed E-state index contributed by atoms with van der Waals surface area (Å²) in [5.74, 6) is -0.568. The summed E-state index contributed by atoms with van der Waals surface area (Å²) < 4.78 is 25.3. The van der Waals surface area contributed by atoms with E-state index in [1.54, 1.807) is 0 Å². The maximum absolute atomic E-state index is 11.9. The van der Waals surface area contributed by atoms with Gasteiger partial charge in [0.25, 0.3) is 5.91 Å². The summed E-state index contributed by atoms with van der Waals surface area (Å²) in [7, 11) is -2.21. The number of hydrogen-bond acceptors (Lipinski definition) is 4. The highest BCUT2D eigenvalue weighted by Gasteiger charge is 2.12. The molecule has 1 heterocycles. The van der Waals surface area contributed by atoms with Gasteiger partial charge in [-0.3, -0.25) is 9.59 Å². The number of nitrogens with one attached hydrogen (secondary N) is 3. The molecule has 8 heteroatoms. The molecule has 3 N–H and O–H groups in total. The monoisotopic (exact) mass is 307 g/mol. The third kappa shape index (κ3) is 3.36. The zero-order chi connectivity index (χ0) is 15.5. The first-order valence-electron chi connectivity index (χ1n) is 5.96. The molecule has 0 fully saturated rings. The second-order valence-electron chi connectivity index (χ2n) is 4.11. The number of amides is 1. The van der Waals surface area contributed by atoms with Crippen molar-refractivity contribution >= 4 is 21.6 Å². The van der Waals surface area contributed by atoms with Crippen LogP contribution in [-0.2, 0) is 10.0 Å². The molecule has 2 rings (SSSR count). The largest absolute Gasteiger partial charge is 0.367 e. The molecule has 0 radical (unpaired) electrons. The number of aromatic nitrogens is 1. The molecule has 1 aromatic carbocycles. The fourth-order valence-electron chi connectivity index (χ4n) is 1.63. The van der Waals surface area contributed by atoms with Gasteiger partial charge in [0, 0.05) is 24.1 Å². The summed E-state index contributed by atoms with van der Waals surface area (Å²) in [5, 5.41) is 2.52. The molecule has 0 atom stereocenters. The minimum atomic E-state index is -3.52. The molecule has 0 aliphatic carbocycles. The lowest BCUT2D eigenvalue weighted by Gasteiger charge is -2.06. The van der Waals surface area contributed by atoms with Gasteiger partial charge < -0.3 is 10.3 Å². The van der Waals surface area contributed by atoms with Crippen LogP contribution < -0.4 is 15.5 Å². The number of rotatable bonds is 4. The first kappa shape index (κ1) is 14.9. The van der Waals surface area contributed by atoms with Crippen molar-refractivity contribution in [2.45, 2.75) is 4.90 Å². The topological polar surface area (TPSA) is 108 Å². The number of carbonyl (C=O) groups excluding carboxylic acids is 1. The van der Waals surface area contributed by atoms with Crippen molar-refractivity contribution in [1.82, 2.24) is 9.71 Å². The highest BCUT2D eigenvalue weighted by Crippen LogP contribution is 2.14. The summed E-state index contributed by atoms with van der Waals surface area (Å²) in [6.45, 7) is 0. The normalized spacial score (nSPS) is 11.1. The first-order valence-corrected chi connectivity index (χ1v) is 7.44. The van der Waals surface area contributed by atoms with Crippen molar-refractivity contribution in [2.24, 2.45) is 0 Å². The Bertz CT molecular complexity index is 810. The van der Waals surface area contributed by atoms with Crippen LogP contribution in [0.4, 0.5) is 5.69 Å². The first-order chi connectivity index (χ1) is 9.94. The molecular formula is C13H13N3O4S. The van der Waals surface area contributed by atoms with Crippen LogP contribution in [0.3, 0.4) is 0 Å². The van der Waals surface area contributed by atoms with E-state index in [4.69, 9.17) is 0 Å². The third-order valence-electron chi connectivity index (χ3n) is 2.76. The van der Waals surface area contributed by atoms with Gasteiger partial charge in [-0.1, -0.05) is 0 Å². The molecule has 2 aromatic rings. The van der Waals surface area contributed by atoms with Crippen molar-refractivity contribution in [3.8, 4) is 0 Å². The van der Waals surface area contributed by atoms with Gasteiger partial charge in [-0.2, -0.15) is 0 Å². The van der Waals surface area contributed by atoms with Crippen LogP contribution in [0.25, 0.3) is 0 Å². The second kappa shape index (κ2) is 5.90. The molecule has 0 saturated carbocycles. The number of sulfonamides is 1. The lowest BCUT2D eigenvalue weighted by molar-refractivity contribution is 0.102. The van der Waals surface area contributed by atoms with E-state index in [2.05, 4.69) is 15.0 Å². The van der Waals surface area contributed by atoms with Gasteiger partial charge in [0.2, 0.25) is 10.0 Å². The highest BCUT2D eigenvalue weighted by molar-refractivity contribution is 7.89. The van der Waals surface area contributed by atoms with Gasteiger partial charge in [0.1, 0.15) is 5.56 Å². The molecule has 21 heavy (non-hydrogen) atoms. The van der Waals surface area contributed by atoms with Gasteiger partial charge >= 0.3 is 0 Å². The Morgan fingerprint density at radius 3 is 2.38 bits per heavy atom. The van der Waals surface area contributed by atoms with E-state index in [0.29, 0.717) is 5.69 Å². The molecule has 0 saturated heterocycles. The third-order valence-corrected chi connectivity index (χ3v) is 4.19. The van der Waals surface area contributed by atoms with Crippen LogP contribution in [0.15, 0.2) is 52.4 Å². The van der Waals surface area contributed by atoms with E-state index >= 15 is 0 Å². The molecule has 0 aliphatic heterocycles. The second-order valence-corrected chi connectivity index (χ2v) is 5.99. The number of anilines is 1. The summed E-state index contributed by atoms with van der Waals surface area (Å²) in [4.78, 5) is 26.2. The maximum atomic E-state index is 11.9. The van der Waals surface area contributed by atoms with Crippen molar-refractivity contribution in [3.05, 3.63) is 58.5 Å². The van der Waals surface area contributed by atoms with Gasteiger partial charge in [0.15, 0.2) is 5.43 Å². The van der Waals surface area contributed by atoms with Gasteiger partial charge in [-0.15, -0.1) is 0 Å². The smallest absolute Gasteiger partial charge is 0.261 e. The van der Waals surface area contributed by atoms with E-state index in [1.807, 2.05) is 0 Å². The fourth-order valence-corrected chi connectivity index (χ4v) is 2.36. The number of hydrogen-bond donors (Lipinski definition) is 3. The number of aromatic amines is 1. The molecule has 0 bridgehead atoms. The summed E-state index contributed by atoms with van der Waals surface area (Å²) >= 11 is 0. The van der Waals surface area contributed by atoms with Crippen LogP contribution in [0.1, 0.15) is 10.4 Å². The predicted molar refractivity (Wildman–Crippen MR) is 77.7 cm³/mol. The van der Waals surface area contributed by atoms with Gasteiger partial charge in [-0.05, 0) is 31.3 Å². The van der Waals surface area contributed by atoms with Crippen molar-refractivity contribution < 1.29 is 13.2 Å². The molecule has 1 aromatic heterocycles. The summed E-state index contributed by atoms with van der Waals surface area (Å²) in [5.41, 5.74) is -0.0386. The summed E-state index contributed by atoms with van der Waals surface area (Å²) in [6, 6.07) is 6.85. The Balaban J connectivity index is 2.20. The predicted octanol–water partition coefficient (Wildman–Crippen LogP) is 0.535. The minimum absolute atomic E-state index is 0.0237. The Kier molecular flexibility index (Phi) is 4.20. The molecule has 7 nitrogen and oxygen atoms in total. The van der Waals surface area contributed by atoms with E-state index < -0.39 is 21.4 Å². The van der Waals surface area contributed by atoms with Crippen LogP contribution >= 0.6 is 0 Å². The molecular weight excluding hydrogens is 294 g/mol. The Morgan fingerprint density at radius 2 is 1.81 bits per heavy atom. The Labute approximate surface area is 121 Å². The van der Waals surface area contributed by atoms with Crippen molar-refractivity contribution in [2.75, 3.05) is 12.4 Å². The molecule has 1 amide bonds. The number of benzene rings is 1. The average Bonchev–Trinajstić information content (AvgIpc) is 2.48. The quantitative estimate of drug-likeness (QED) is 0.766. The maximum Gasteiger partial charge on any atom is 0.261 e. The minimum Gasteiger partial charge on any atom is -0.367 e. The number of pyridine rings is 1. The lowest BCUT2D eigenvalue weighted by Crippen LogP contribution is -2.21. The SMILES string of the molecule is CNS(=O)(=O)c1ccc(NC(=O)c2c[nH]ccc2=O)cc1. The van der Waals surface area contributed by atoms with E-state index in [9.17, 15) is 18.0 Å². The van der Waals surface area contributed by atoms with E-state index in [0.717, 1.165) is 0 Å². The fraction of sp³-hybridized carbons (Fsp3) is 0.0769. The molecule has 0 spiro atoms. The van der Waals surface area contributed by atoms with Crippen LogP contribution in [0, 0.1) is 0 Å². The molecule has 110 valence electrons. The van der Waals surface area contributed by atoms with Crippen LogP contribution in [-0.4, -0.2) is 26.4 Å². The Hall–Kier alpha value is -2.45. The Morgan fingerprint density at radius 1 is 1.14 bits per heavy atom. The van der Waals surface area contributed by atoms with E-state index in [-0.39, 0.29) is 10.5 Å². The zero-order valence-corrected chi connectivity index (χ0v) is 11.9. The average molecular weight is 307 g/mol. The summed E-state index contributed by atoms with van der Waals surface area (Å²) in [6.07, 6.45) is 2.73. The van der Waals surface area contributed by atoms with Crippen molar-refractivity contribution in [3.63, 3.8) is 0 Å². The van der Waals surface area contributed by atoms with Crippen LogP contribution in [0.2, 0.25) is 0 Å². The highest BCUT2D eigenvalue weighted by atomic mass is 32.2. The van der Waals surface area contributed by atoms with E-state index in [1.165, 1.54) is 49.8 Å². The van der Waals surface area contributed by atoms with Gasteiger partial charge in [-0.25, -0.2) is 13.1 Å². The van der Waals surface area contributed by atoms with Crippen LogP contribution in [0.5, 0.6) is 0 Å². The number of carbonyl (C=O) groups is 1. The molecule has 0 unspecified atom stereocenters. The molecule has 0 aliphatic rings. The standard InChI is InChI=1S/C13H13N3O4S/c1-14-21(19,20)10-4-2-9(3-5-10)16-13(18)11-8-15-7-6-12(11)17/h2-8,14H,1H3,(H,15,17)(H,16,18).